The SMILES string of the molecule is C=C(C)C=O.[NaH]. The summed E-state index contributed by atoms with van der Waals surface area (Å²) in [6.45, 7) is 4.97. The first-order chi connectivity index (χ1) is 2.27. The van der Waals surface area contributed by atoms with Crippen molar-refractivity contribution >= 4 is 35.8 Å². The number of hydrogen-bond donors (Lipinski definition) is 0. The third kappa shape index (κ3) is 8.83. The van der Waals surface area contributed by atoms with Gasteiger partial charge in [0.25, 0.3) is 0 Å². The molecule has 0 unspecified atom stereocenters. The van der Waals surface area contributed by atoms with Crippen molar-refractivity contribution in [3.05, 3.63) is 12.2 Å². The predicted octanol–water partition coefficient (Wildman–Crippen LogP) is 0.113. The molecule has 0 rings (SSSR count). The van der Waals surface area contributed by atoms with Gasteiger partial charge < -0.3 is 0 Å². The van der Waals surface area contributed by atoms with Crippen LogP contribution in [0.3, 0.4) is 0 Å². The number of hydrogen-bond acceptors (Lipinski definition) is 1. The molecular weight excluding hydrogens is 87.0 g/mol. The second-order valence-electron chi connectivity index (χ2n) is 0.964. The quantitative estimate of drug-likeness (QED) is 0.256. The van der Waals surface area contributed by atoms with Crippen molar-refractivity contribution in [1.82, 2.24) is 0 Å². The van der Waals surface area contributed by atoms with Gasteiger partial charge in [-0.15, -0.1) is 0 Å². The average Bonchev–Trinajstić information content (AvgIpc) is 1.38. The van der Waals surface area contributed by atoms with Gasteiger partial charge in [0.05, 0.1) is 0 Å². The minimum absolute atomic E-state index is 0. The third-order valence-corrected chi connectivity index (χ3v) is 0.201. The van der Waals surface area contributed by atoms with E-state index in [1.165, 1.54) is 0 Å². The molecule has 1 nitrogen and oxygen atoms in total. The van der Waals surface area contributed by atoms with Gasteiger partial charge in [-0.1, -0.05) is 6.58 Å². The summed E-state index contributed by atoms with van der Waals surface area (Å²) < 4.78 is 0. The predicted molar refractivity (Wildman–Crippen MR) is 28.0 cm³/mol. The van der Waals surface area contributed by atoms with E-state index < -0.39 is 0 Å². The molecule has 0 aromatic heterocycles. The Labute approximate surface area is 59.7 Å². The van der Waals surface area contributed by atoms with Crippen LogP contribution in [0.2, 0.25) is 0 Å². The van der Waals surface area contributed by atoms with Crippen LogP contribution in [-0.4, -0.2) is 35.8 Å². The molecule has 0 spiro atoms. The summed E-state index contributed by atoms with van der Waals surface area (Å²) in [6.07, 6.45) is 0.722. The van der Waals surface area contributed by atoms with Gasteiger partial charge in [0.1, 0.15) is 6.29 Å². The van der Waals surface area contributed by atoms with Gasteiger partial charge in [0, 0.05) is 0 Å². The topological polar surface area (TPSA) is 17.1 Å². The summed E-state index contributed by atoms with van der Waals surface area (Å²) in [5.74, 6) is 0. The molecule has 0 amide bonds. The van der Waals surface area contributed by atoms with Crippen LogP contribution in [0.25, 0.3) is 0 Å². The number of aldehydes is 1. The molecule has 0 heterocycles. The first-order valence-electron chi connectivity index (χ1n) is 1.38. The second kappa shape index (κ2) is 5.41. The van der Waals surface area contributed by atoms with Crippen LogP contribution in [0, 0.1) is 0 Å². The Hall–Kier alpha value is 0.410. The summed E-state index contributed by atoms with van der Waals surface area (Å²) in [7, 11) is 0. The summed E-state index contributed by atoms with van der Waals surface area (Å²) in [5.41, 5.74) is 0.574. The van der Waals surface area contributed by atoms with E-state index in [4.69, 9.17) is 0 Å². The Balaban J connectivity index is 0. The van der Waals surface area contributed by atoms with Crippen molar-refractivity contribution < 1.29 is 4.79 Å². The summed E-state index contributed by atoms with van der Waals surface area (Å²) >= 11 is 0. The molecule has 0 aliphatic heterocycles. The van der Waals surface area contributed by atoms with Crippen molar-refractivity contribution in [2.45, 2.75) is 6.92 Å². The first kappa shape index (κ1) is 9.65. The van der Waals surface area contributed by atoms with Gasteiger partial charge in [-0.05, 0) is 12.5 Å². The molecule has 0 radical (unpaired) electrons. The van der Waals surface area contributed by atoms with Crippen LogP contribution < -0.4 is 0 Å². The molecule has 6 heavy (non-hydrogen) atoms. The van der Waals surface area contributed by atoms with E-state index in [-0.39, 0.29) is 29.6 Å². The zero-order chi connectivity index (χ0) is 4.28. The van der Waals surface area contributed by atoms with E-state index in [1.807, 2.05) is 0 Å². The molecule has 0 saturated heterocycles. The van der Waals surface area contributed by atoms with Crippen molar-refractivity contribution in [2.24, 2.45) is 0 Å². The van der Waals surface area contributed by atoms with Crippen molar-refractivity contribution in [3.63, 3.8) is 0 Å². The van der Waals surface area contributed by atoms with Crippen molar-refractivity contribution in [3.8, 4) is 0 Å². The molecule has 0 saturated carbocycles. The average molecular weight is 94.1 g/mol. The van der Waals surface area contributed by atoms with Gasteiger partial charge in [-0.3, -0.25) is 4.79 Å². The number of carbonyl (C=O) groups excluding carboxylic acids is 1. The van der Waals surface area contributed by atoms with E-state index in [9.17, 15) is 4.79 Å². The summed E-state index contributed by atoms with van der Waals surface area (Å²) in [6, 6.07) is 0. The first-order valence-corrected chi connectivity index (χ1v) is 1.38. The molecule has 2 heteroatoms. The van der Waals surface area contributed by atoms with Crippen molar-refractivity contribution in [1.29, 1.82) is 0 Å². The Kier molecular flexibility index (Phi) is 8.70. The maximum absolute atomic E-state index is 9.41. The summed E-state index contributed by atoms with van der Waals surface area (Å²) in [5, 5.41) is 0. The second-order valence-corrected chi connectivity index (χ2v) is 0.964. The molecule has 0 N–H and O–H groups in total. The van der Waals surface area contributed by atoms with E-state index in [0.29, 0.717) is 5.57 Å². The number of allylic oxidation sites excluding steroid dienone is 1. The molecule has 0 fully saturated rings. The van der Waals surface area contributed by atoms with Crippen LogP contribution in [0.1, 0.15) is 6.92 Å². The summed E-state index contributed by atoms with van der Waals surface area (Å²) in [4.78, 5) is 9.41. The minimum atomic E-state index is 0. The number of carbonyl (C=O) groups is 1. The Morgan fingerprint density at radius 3 is 2.00 bits per heavy atom. The van der Waals surface area contributed by atoms with Gasteiger partial charge in [-0.25, -0.2) is 0 Å². The van der Waals surface area contributed by atoms with Crippen molar-refractivity contribution in [2.75, 3.05) is 0 Å². The van der Waals surface area contributed by atoms with Crippen LogP contribution in [-0.2, 0) is 4.79 Å². The van der Waals surface area contributed by atoms with Crippen LogP contribution in [0.15, 0.2) is 12.2 Å². The molecule has 0 atom stereocenters. The Bertz CT molecular complexity index is 58.6. The fourth-order valence-electron chi connectivity index (χ4n) is 0. The van der Waals surface area contributed by atoms with Crippen LogP contribution in [0.5, 0.6) is 0 Å². The van der Waals surface area contributed by atoms with Crippen LogP contribution in [0.4, 0.5) is 0 Å². The fourth-order valence-corrected chi connectivity index (χ4v) is 0. The molecular formula is C4H7NaO. The van der Waals surface area contributed by atoms with Crippen LogP contribution >= 0.6 is 0 Å². The normalized spacial score (nSPS) is 5.50. The van der Waals surface area contributed by atoms with E-state index in [1.54, 1.807) is 6.92 Å². The Morgan fingerprint density at radius 2 is 2.00 bits per heavy atom. The molecule has 0 aromatic carbocycles. The molecule has 0 aliphatic rings. The number of rotatable bonds is 1. The maximum atomic E-state index is 9.41. The molecule has 30 valence electrons. The van der Waals surface area contributed by atoms with Gasteiger partial charge >= 0.3 is 29.6 Å². The molecule has 0 aromatic rings. The zero-order valence-electron chi connectivity index (χ0n) is 3.19. The van der Waals surface area contributed by atoms with E-state index in [2.05, 4.69) is 6.58 Å². The van der Waals surface area contributed by atoms with E-state index in [0.717, 1.165) is 6.29 Å². The monoisotopic (exact) mass is 94.0 g/mol. The van der Waals surface area contributed by atoms with Gasteiger partial charge in [0.15, 0.2) is 0 Å². The van der Waals surface area contributed by atoms with E-state index >= 15 is 0 Å². The van der Waals surface area contributed by atoms with Gasteiger partial charge in [-0.2, -0.15) is 0 Å². The standard InChI is InChI=1S/C4H6O.Na.H/c1-4(2)3-5;;/h3H,1H2,2H3;;. The third-order valence-electron chi connectivity index (χ3n) is 0.201. The zero-order valence-corrected chi connectivity index (χ0v) is 3.19. The molecule has 0 aliphatic carbocycles. The molecule has 0 bridgehead atoms. The fraction of sp³-hybridized carbons (Fsp3) is 0.250. The van der Waals surface area contributed by atoms with Gasteiger partial charge in [0.2, 0.25) is 0 Å². The Morgan fingerprint density at radius 1 is 1.83 bits per heavy atom.